The van der Waals surface area contributed by atoms with Crippen molar-refractivity contribution in [1.82, 2.24) is 5.32 Å². The Morgan fingerprint density at radius 2 is 1.79 bits per heavy atom. The van der Waals surface area contributed by atoms with E-state index in [9.17, 15) is 14.4 Å². The van der Waals surface area contributed by atoms with Crippen LogP contribution in [-0.4, -0.2) is 48.8 Å². The van der Waals surface area contributed by atoms with Gasteiger partial charge in [0, 0.05) is 0 Å². The number of carboxylic acids is 1. The van der Waals surface area contributed by atoms with Gasteiger partial charge in [-0.2, -0.15) is 0 Å². The van der Waals surface area contributed by atoms with E-state index in [-0.39, 0.29) is 6.61 Å². The van der Waals surface area contributed by atoms with E-state index in [1.807, 2.05) is 19.9 Å². The first-order chi connectivity index (χ1) is 11.2. The summed E-state index contributed by atoms with van der Waals surface area (Å²) < 4.78 is 10.2. The zero-order valence-electron chi connectivity index (χ0n) is 13.9. The van der Waals surface area contributed by atoms with Crippen molar-refractivity contribution in [3.8, 4) is 5.75 Å². The summed E-state index contributed by atoms with van der Waals surface area (Å²) in [7, 11) is 1.18. The number of aryl methyl sites for hydroxylation is 2. The van der Waals surface area contributed by atoms with E-state index >= 15 is 0 Å². The van der Waals surface area contributed by atoms with Crippen molar-refractivity contribution >= 4 is 17.8 Å². The van der Waals surface area contributed by atoms with Gasteiger partial charge in [-0.05, 0) is 37.1 Å². The maximum absolute atomic E-state index is 11.9. The van der Waals surface area contributed by atoms with Gasteiger partial charge in [0.2, 0.25) is 5.91 Å². The predicted molar refractivity (Wildman–Crippen MR) is 85.6 cm³/mol. The van der Waals surface area contributed by atoms with Crippen LogP contribution < -0.4 is 15.8 Å². The molecule has 0 aliphatic rings. The predicted octanol–water partition coefficient (Wildman–Crippen LogP) is 0.142. The SMILES string of the molecule is COC(=O)[C@H](COc1cc(C)cc(C)c1)NC(=O)[C@@H](N)CC(=O)O. The number of ether oxygens (including phenoxy) is 2. The fraction of sp³-hybridized carbons (Fsp3) is 0.438. The molecule has 1 aromatic rings. The van der Waals surface area contributed by atoms with Crippen molar-refractivity contribution < 1.29 is 29.0 Å². The van der Waals surface area contributed by atoms with Gasteiger partial charge < -0.3 is 25.6 Å². The summed E-state index contributed by atoms with van der Waals surface area (Å²) in [5.74, 6) is -2.14. The first-order valence-corrected chi connectivity index (χ1v) is 7.29. The summed E-state index contributed by atoms with van der Waals surface area (Å²) >= 11 is 0. The number of hydrogen-bond acceptors (Lipinski definition) is 6. The Morgan fingerprint density at radius 3 is 2.29 bits per heavy atom. The molecule has 1 rings (SSSR count). The molecule has 0 bridgehead atoms. The standard InChI is InChI=1S/C16H22N2O6/c1-9-4-10(2)6-11(5-9)24-8-13(16(22)23-3)18-15(21)12(17)7-14(19)20/h4-6,12-13H,7-8,17H2,1-3H3,(H,18,21)(H,19,20)/t12-,13-/m0/s1. The summed E-state index contributed by atoms with van der Waals surface area (Å²) in [4.78, 5) is 34.2. The van der Waals surface area contributed by atoms with Crippen LogP contribution in [0.2, 0.25) is 0 Å². The van der Waals surface area contributed by atoms with E-state index in [4.69, 9.17) is 15.6 Å². The van der Waals surface area contributed by atoms with Crippen molar-refractivity contribution in [3.05, 3.63) is 29.3 Å². The number of esters is 1. The summed E-state index contributed by atoms with van der Waals surface area (Å²) in [6, 6.07) is 3.19. The quantitative estimate of drug-likeness (QED) is 0.575. The largest absolute Gasteiger partial charge is 0.491 e. The van der Waals surface area contributed by atoms with Crippen molar-refractivity contribution in [2.45, 2.75) is 32.4 Å². The molecule has 132 valence electrons. The first kappa shape index (κ1) is 19.4. The minimum absolute atomic E-state index is 0.166. The number of hydrogen-bond donors (Lipinski definition) is 3. The molecule has 0 spiro atoms. The Morgan fingerprint density at radius 1 is 1.21 bits per heavy atom. The van der Waals surface area contributed by atoms with Crippen LogP contribution in [0.25, 0.3) is 0 Å². The Hall–Kier alpha value is -2.61. The molecule has 0 aliphatic carbocycles. The summed E-state index contributed by atoms with van der Waals surface area (Å²) in [6.07, 6.45) is -0.544. The third-order valence-electron chi connectivity index (χ3n) is 3.15. The van der Waals surface area contributed by atoms with E-state index in [2.05, 4.69) is 10.1 Å². The number of methoxy groups -OCH3 is 1. The zero-order valence-corrected chi connectivity index (χ0v) is 13.9. The van der Waals surface area contributed by atoms with E-state index in [0.717, 1.165) is 11.1 Å². The van der Waals surface area contributed by atoms with Gasteiger partial charge in [0.15, 0.2) is 6.04 Å². The van der Waals surface area contributed by atoms with Crippen molar-refractivity contribution in [2.75, 3.05) is 13.7 Å². The highest BCUT2D eigenvalue weighted by Gasteiger charge is 2.26. The molecule has 1 aromatic carbocycles. The molecule has 0 unspecified atom stereocenters. The second-order valence-corrected chi connectivity index (χ2v) is 5.42. The topological polar surface area (TPSA) is 128 Å². The van der Waals surface area contributed by atoms with Crippen LogP contribution in [0.3, 0.4) is 0 Å². The van der Waals surface area contributed by atoms with Gasteiger partial charge in [-0.25, -0.2) is 4.79 Å². The van der Waals surface area contributed by atoms with Gasteiger partial charge >= 0.3 is 11.9 Å². The molecule has 0 saturated heterocycles. The molecule has 8 nitrogen and oxygen atoms in total. The van der Waals surface area contributed by atoms with Crippen LogP contribution in [0.4, 0.5) is 0 Å². The Balaban J connectivity index is 2.73. The molecule has 24 heavy (non-hydrogen) atoms. The van der Waals surface area contributed by atoms with Crippen LogP contribution in [0, 0.1) is 13.8 Å². The molecule has 2 atom stereocenters. The van der Waals surface area contributed by atoms with Crippen LogP contribution in [0.1, 0.15) is 17.5 Å². The van der Waals surface area contributed by atoms with Crippen LogP contribution in [0.15, 0.2) is 18.2 Å². The van der Waals surface area contributed by atoms with Crippen molar-refractivity contribution in [1.29, 1.82) is 0 Å². The van der Waals surface area contributed by atoms with Gasteiger partial charge in [0.1, 0.15) is 12.4 Å². The number of amides is 1. The molecule has 0 heterocycles. The molecule has 0 saturated carbocycles. The smallest absolute Gasteiger partial charge is 0.331 e. The molecule has 0 fully saturated rings. The fourth-order valence-electron chi connectivity index (χ4n) is 2.07. The minimum atomic E-state index is -1.27. The third kappa shape index (κ3) is 6.25. The van der Waals surface area contributed by atoms with Crippen molar-refractivity contribution in [2.24, 2.45) is 5.73 Å². The number of rotatable bonds is 8. The number of aliphatic carboxylic acids is 1. The normalized spacial score (nSPS) is 12.8. The average Bonchev–Trinajstić information content (AvgIpc) is 2.48. The second-order valence-electron chi connectivity index (χ2n) is 5.42. The van der Waals surface area contributed by atoms with Gasteiger partial charge in [-0.1, -0.05) is 6.07 Å². The van der Waals surface area contributed by atoms with E-state index in [1.54, 1.807) is 12.1 Å². The van der Waals surface area contributed by atoms with Crippen LogP contribution >= 0.6 is 0 Å². The molecule has 8 heteroatoms. The van der Waals surface area contributed by atoms with Gasteiger partial charge in [-0.3, -0.25) is 9.59 Å². The summed E-state index contributed by atoms with van der Waals surface area (Å²) in [5.41, 5.74) is 7.45. The first-order valence-electron chi connectivity index (χ1n) is 7.29. The Kier molecular flexibility index (Phi) is 7.19. The number of nitrogens with two attached hydrogens (primary N) is 1. The molecular weight excluding hydrogens is 316 g/mol. The van der Waals surface area contributed by atoms with Crippen LogP contribution in [-0.2, 0) is 19.1 Å². The minimum Gasteiger partial charge on any atom is -0.491 e. The highest BCUT2D eigenvalue weighted by Crippen LogP contribution is 2.16. The molecule has 0 aromatic heterocycles. The van der Waals surface area contributed by atoms with Gasteiger partial charge in [0.25, 0.3) is 0 Å². The summed E-state index contributed by atoms with van der Waals surface area (Å²) in [5, 5.41) is 11.0. The average molecular weight is 338 g/mol. The van der Waals surface area contributed by atoms with E-state index < -0.39 is 36.4 Å². The van der Waals surface area contributed by atoms with Crippen molar-refractivity contribution in [3.63, 3.8) is 0 Å². The molecule has 0 radical (unpaired) electrons. The highest BCUT2D eigenvalue weighted by atomic mass is 16.5. The lowest BCUT2D eigenvalue weighted by Crippen LogP contribution is -2.51. The molecular formula is C16H22N2O6. The maximum atomic E-state index is 11.9. The third-order valence-corrected chi connectivity index (χ3v) is 3.15. The highest BCUT2D eigenvalue weighted by molar-refractivity contribution is 5.89. The lowest BCUT2D eigenvalue weighted by molar-refractivity contribution is -0.146. The second kappa shape index (κ2) is 8.88. The number of carbonyl (C=O) groups excluding carboxylic acids is 2. The molecule has 0 aliphatic heterocycles. The van der Waals surface area contributed by atoms with Gasteiger partial charge in [0.05, 0.1) is 19.6 Å². The van der Waals surface area contributed by atoms with E-state index in [0.29, 0.717) is 5.75 Å². The number of carboxylic acid groups (broad SMARTS) is 1. The summed E-state index contributed by atoms with van der Waals surface area (Å²) in [6.45, 7) is 3.65. The molecule has 1 amide bonds. The lowest BCUT2D eigenvalue weighted by Gasteiger charge is -2.19. The van der Waals surface area contributed by atoms with Crippen LogP contribution in [0.5, 0.6) is 5.75 Å². The lowest BCUT2D eigenvalue weighted by atomic mass is 10.1. The Labute approximate surface area is 139 Å². The maximum Gasteiger partial charge on any atom is 0.331 e. The Bertz CT molecular complexity index is 596. The fourth-order valence-corrected chi connectivity index (χ4v) is 2.07. The van der Waals surface area contributed by atoms with Gasteiger partial charge in [-0.15, -0.1) is 0 Å². The number of benzene rings is 1. The zero-order chi connectivity index (χ0) is 18.3. The number of carbonyl (C=O) groups is 3. The monoisotopic (exact) mass is 338 g/mol. The van der Waals surface area contributed by atoms with E-state index in [1.165, 1.54) is 7.11 Å². The number of nitrogens with one attached hydrogen (secondary N) is 1. The molecule has 4 N–H and O–H groups in total.